The molecule has 0 aromatic heterocycles. The molecule has 0 spiro atoms. The second-order valence-electron chi connectivity index (χ2n) is 1.44. The number of thiol groups is 2. The average molecular weight is 209 g/mol. The topological polar surface area (TPSA) is 57.2 Å². The average Bonchev–Trinajstić information content (AvgIpc) is 1.62. The van der Waals surface area contributed by atoms with Crippen LogP contribution in [0.1, 0.15) is 0 Å². The summed E-state index contributed by atoms with van der Waals surface area (Å²) in [7, 11) is -4.14. The van der Waals surface area contributed by atoms with Crippen LogP contribution in [0.15, 0.2) is 0 Å². The van der Waals surface area contributed by atoms with Gasteiger partial charge >= 0.3 is 29.6 Å². The van der Waals surface area contributed by atoms with E-state index in [0.717, 1.165) is 0 Å². The van der Waals surface area contributed by atoms with Crippen molar-refractivity contribution in [1.29, 1.82) is 0 Å². The van der Waals surface area contributed by atoms with E-state index < -0.39 is 21.1 Å². The SMILES string of the molecule is O=S(=O)([O-])CC(S)[CH]S.[Na+]. The van der Waals surface area contributed by atoms with Crippen LogP contribution in [-0.2, 0) is 10.1 Å². The van der Waals surface area contributed by atoms with Crippen LogP contribution in [0.4, 0.5) is 0 Å². The van der Waals surface area contributed by atoms with E-state index in [9.17, 15) is 13.0 Å². The first kappa shape index (κ1) is 14.2. The van der Waals surface area contributed by atoms with Crippen molar-refractivity contribution >= 4 is 35.4 Å². The summed E-state index contributed by atoms with van der Waals surface area (Å²) < 4.78 is 29.8. The van der Waals surface area contributed by atoms with Gasteiger partial charge in [-0.2, -0.15) is 25.3 Å². The molecule has 0 bridgehead atoms. The fraction of sp³-hybridized carbons (Fsp3) is 0.667. The Balaban J connectivity index is 0. The minimum Gasteiger partial charge on any atom is -0.748 e. The maximum Gasteiger partial charge on any atom is 1.00 e. The van der Waals surface area contributed by atoms with E-state index in [2.05, 4.69) is 25.3 Å². The molecule has 0 N–H and O–H groups in total. The van der Waals surface area contributed by atoms with Crippen molar-refractivity contribution in [3.8, 4) is 0 Å². The van der Waals surface area contributed by atoms with Crippen LogP contribution in [0.2, 0.25) is 0 Å². The second-order valence-corrected chi connectivity index (χ2v) is 3.85. The fourth-order valence-electron chi connectivity index (χ4n) is 0.252. The van der Waals surface area contributed by atoms with Crippen LogP contribution in [-0.4, -0.2) is 24.0 Å². The quantitative estimate of drug-likeness (QED) is 0.294. The Bertz CT molecular complexity index is 166. The van der Waals surface area contributed by atoms with E-state index in [4.69, 9.17) is 0 Å². The van der Waals surface area contributed by atoms with Gasteiger partial charge in [0.05, 0.1) is 15.9 Å². The maximum absolute atomic E-state index is 9.94. The molecular formula is C3H6NaO3S3. The van der Waals surface area contributed by atoms with Crippen molar-refractivity contribution < 1.29 is 42.5 Å². The zero-order valence-corrected chi connectivity index (χ0v) is 9.99. The largest absolute Gasteiger partial charge is 1.00 e. The Kier molecular flexibility index (Phi) is 8.72. The molecule has 0 heterocycles. The molecule has 0 saturated heterocycles. The van der Waals surface area contributed by atoms with Gasteiger partial charge in [-0.15, -0.1) is 0 Å². The van der Waals surface area contributed by atoms with Crippen molar-refractivity contribution in [2.75, 3.05) is 5.75 Å². The van der Waals surface area contributed by atoms with Gasteiger partial charge < -0.3 is 4.55 Å². The first-order valence-electron chi connectivity index (χ1n) is 2.05. The second kappa shape index (κ2) is 6.16. The third-order valence-corrected chi connectivity index (χ3v) is 2.49. The smallest absolute Gasteiger partial charge is 0.748 e. The normalized spacial score (nSPS) is 13.9. The van der Waals surface area contributed by atoms with Gasteiger partial charge in [-0.1, -0.05) is 0 Å². The molecule has 0 fully saturated rings. The van der Waals surface area contributed by atoms with E-state index >= 15 is 0 Å². The summed E-state index contributed by atoms with van der Waals surface area (Å²) in [5, 5.41) is -0.573. The number of hydrogen-bond donors (Lipinski definition) is 2. The first-order valence-corrected chi connectivity index (χ1v) is 4.66. The van der Waals surface area contributed by atoms with E-state index in [1.54, 1.807) is 0 Å². The van der Waals surface area contributed by atoms with Crippen molar-refractivity contribution in [3.63, 3.8) is 0 Å². The third kappa shape index (κ3) is 9.61. The van der Waals surface area contributed by atoms with Crippen LogP contribution in [0.5, 0.6) is 0 Å². The van der Waals surface area contributed by atoms with Crippen LogP contribution < -0.4 is 29.6 Å². The van der Waals surface area contributed by atoms with Gasteiger partial charge in [-0.25, -0.2) is 8.42 Å². The van der Waals surface area contributed by atoms with E-state index in [1.165, 1.54) is 5.75 Å². The summed E-state index contributed by atoms with van der Waals surface area (Å²) >= 11 is 7.34. The molecule has 0 aliphatic carbocycles. The van der Waals surface area contributed by atoms with Gasteiger partial charge in [-0.3, -0.25) is 0 Å². The van der Waals surface area contributed by atoms with Crippen molar-refractivity contribution in [1.82, 2.24) is 0 Å². The molecule has 0 rings (SSSR count). The van der Waals surface area contributed by atoms with Crippen LogP contribution in [0, 0.1) is 5.75 Å². The Morgan fingerprint density at radius 2 is 2.00 bits per heavy atom. The molecule has 0 aliphatic heterocycles. The Hall–Kier alpha value is 1.61. The molecule has 0 aromatic rings. The zero-order chi connectivity index (χ0) is 7.49. The summed E-state index contributed by atoms with van der Waals surface area (Å²) in [4.78, 5) is 0. The summed E-state index contributed by atoms with van der Waals surface area (Å²) in [5.74, 6) is 0.748. The van der Waals surface area contributed by atoms with E-state index in [0.29, 0.717) is 0 Å². The molecule has 55 valence electrons. The number of hydrogen-bond acceptors (Lipinski definition) is 5. The van der Waals surface area contributed by atoms with Crippen molar-refractivity contribution in [2.24, 2.45) is 0 Å². The minimum absolute atomic E-state index is 0. The van der Waals surface area contributed by atoms with Gasteiger partial charge in [0.15, 0.2) is 0 Å². The summed E-state index contributed by atoms with van der Waals surface area (Å²) in [5.41, 5.74) is 0. The summed E-state index contributed by atoms with van der Waals surface area (Å²) in [6, 6.07) is 0. The molecule has 10 heavy (non-hydrogen) atoms. The fourth-order valence-corrected chi connectivity index (χ4v) is 1.56. The first-order chi connectivity index (χ1) is 3.95. The molecular weight excluding hydrogens is 203 g/mol. The third-order valence-electron chi connectivity index (χ3n) is 0.547. The van der Waals surface area contributed by atoms with Gasteiger partial charge in [0, 0.05) is 11.0 Å². The van der Waals surface area contributed by atoms with Gasteiger partial charge in [0.2, 0.25) is 0 Å². The van der Waals surface area contributed by atoms with Gasteiger partial charge in [-0.05, 0) is 0 Å². The Morgan fingerprint density at radius 3 is 2.10 bits per heavy atom. The molecule has 0 saturated carbocycles. The molecule has 7 heteroatoms. The van der Waals surface area contributed by atoms with Crippen LogP contribution in [0.25, 0.3) is 0 Å². The van der Waals surface area contributed by atoms with Crippen LogP contribution >= 0.6 is 25.3 Å². The number of rotatable bonds is 3. The molecule has 1 unspecified atom stereocenters. The van der Waals surface area contributed by atoms with Crippen LogP contribution in [0.3, 0.4) is 0 Å². The van der Waals surface area contributed by atoms with Gasteiger partial charge in [0.1, 0.15) is 0 Å². The summed E-state index contributed by atoms with van der Waals surface area (Å²) in [6.07, 6.45) is 0. The molecule has 1 atom stereocenters. The Labute approximate surface area is 93.8 Å². The predicted octanol–water partition coefficient (Wildman–Crippen LogP) is -3.07. The maximum atomic E-state index is 9.94. The molecule has 0 amide bonds. The van der Waals surface area contributed by atoms with Gasteiger partial charge in [0.25, 0.3) is 0 Å². The molecule has 0 aliphatic rings. The minimum atomic E-state index is -4.14. The van der Waals surface area contributed by atoms with Crippen molar-refractivity contribution in [3.05, 3.63) is 5.75 Å². The zero-order valence-electron chi connectivity index (χ0n) is 5.39. The van der Waals surface area contributed by atoms with E-state index in [1.807, 2.05) is 0 Å². The molecule has 1 radical (unpaired) electrons. The van der Waals surface area contributed by atoms with E-state index in [-0.39, 0.29) is 29.6 Å². The standard InChI is InChI=1S/C3H7O3S3.Na/c4-9(5,6)2-3(8)1-7;/h1,3,7-8H,2H2,(H,4,5,6);/q;+1/p-1. The summed E-state index contributed by atoms with van der Waals surface area (Å²) in [6.45, 7) is 0. The Morgan fingerprint density at radius 1 is 1.60 bits per heavy atom. The van der Waals surface area contributed by atoms with Crippen molar-refractivity contribution in [2.45, 2.75) is 5.25 Å². The molecule has 3 nitrogen and oxygen atoms in total. The molecule has 0 aromatic carbocycles. The predicted molar refractivity (Wildman–Crippen MR) is 40.6 cm³/mol. The monoisotopic (exact) mass is 209 g/mol.